The summed E-state index contributed by atoms with van der Waals surface area (Å²) in [5.41, 5.74) is -0.238. The third kappa shape index (κ3) is 14.9. The summed E-state index contributed by atoms with van der Waals surface area (Å²) in [7, 11) is 0. The molecule has 4 atom stereocenters. The van der Waals surface area contributed by atoms with E-state index in [1.165, 1.54) is 6.07 Å². The molecule has 57 heavy (non-hydrogen) atoms. The second kappa shape index (κ2) is 22.2. The summed E-state index contributed by atoms with van der Waals surface area (Å²) < 4.78 is 5.15. The van der Waals surface area contributed by atoms with Crippen LogP contribution in [-0.2, 0) is 30.5 Å². The first-order valence-corrected chi connectivity index (χ1v) is 19.9. The number of carbonyl (C=O) groups excluding carboxylic acids is 3. The molecule has 3 aliphatic heterocycles. The Morgan fingerprint density at radius 3 is 2.18 bits per heavy atom. The van der Waals surface area contributed by atoms with Gasteiger partial charge in [0, 0.05) is 95.4 Å². The molecule has 3 heterocycles. The predicted molar refractivity (Wildman–Crippen MR) is 204 cm³/mol. The number of amides is 3. The van der Waals surface area contributed by atoms with Crippen LogP contribution in [0, 0.1) is 10.1 Å². The van der Waals surface area contributed by atoms with Gasteiger partial charge in [-0.3, -0.25) is 48.9 Å². The van der Waals surface area contributed by atoms with Gasteiger partial charge in [0.15, 0.2) is 5.75 Å². The number of urea groups is 1. The van der Waals surface area contributed by atoms with Gasteiger partial charge < -0.3 is 41.1 Å². The zero-order valence-corrected chi connectivity index (χ0v) is 32.4. The fourth-order valence-electron chi connectivity index (χ4n) is 7.11. The number of nitrogens with one attached hydrogen (secondary N) is 3. The van der Waals surface area contributed by atoms with Crippen LogP contribution < -0.4 is 16.0 Å². The van der Waals surface area contributed by atoms with E-state index in [0.717, 1.165) is 30.7 Å². The second-order valence-corrected chi connectivity index (χ2v) is 15.5. The van der Waals surface area contributed by atoms with Gasteiger partial charge in [-0.1, -0.05) is 12.5 Å². The summed E-state index contributed by atoms with van der Waals surface area (Å²) in [6.07, 6.45) is 1.26. The van der Waals surface area contributed by atoms with E-state index in [1.54, 1.807) is 26.5 Å². The van der Waals surface area contributed by atoms with Gasteiger partial charge in [0.25, 0.3) is 0 Å². The topological polar surface area (TPSA) is 285 Å². The SMILES string of the molecule is O=C(O)CN1CCN(CCNC(=O)OCc2ccc(O)c([N+](=O)[O-])c2)CCN(CC(=O)O)CCN([C@H](CC(=O)CCCCC2SCC3NC(=O)NC32)C(=O)O)CC1. The molecule has 4 rings (SSSR count). The number of benzene rings is 1. The number of fused-ring (bicyclic) bond motifs is 1. The van der Waals surface area contributed by atoms with Crippen LogP contribution in [0.2, 0.25) is 0 Å². The molecule has 22 heteroatoms. The zero-order chi connectivity index (χ0) is 41.5. The highest BCUT2D eigenvalue weighted by Gasteiger charge is 2.42. The molecule has 3 fully saturated rings. The number of ketones is 1. The molecule has 0 radical (unpaired) electrons. The number of thioether (sulfide) groups is 1. The number of alkyl carbamates (subject to hydrolysis) is 1. The van der Waals surface area contributed by atoms with E-state index in [1.807, 2.05) is 4.90 Å². The van der Waals surface area contributed by atoms with Crippen molar-refractivity contribution in [2.75, 3.05) is 84.3 Å². The highest BCUT2D eigenvalue weighted by molar-refractivity contribution is 8.00. The molecule has 3 amide bonds. The number of hydrogen-bond acceptors (Lipinski definition) is 15. The Kier molecular flexibility index (Phi) is 17.5. The minimum atomic E-state index is -1.20. The Balaban J connectivity index is 1.31. The van der Waals surface area contributed by atoms with Gasteiger partial charge in [-0.25, -0.2) is 9.59 Å². The van der Waals surface area contributed by atoms with E-state index >= 15 is 0 Å². The number of nitrogens with zero attached hydrogens (tertiary/aromatic N) is 5. The van der Waals surface area contributed by atoms with Crippen LogP contribution in [0.1, 0.15) is 37.7 Å². The van der Waals surface area contributed by atoms with E-state index < -0.39 is 46.4 Å². The average Bonchev–Trinajstić information content (AvgIpc) is 3.70. The lowest BCUT2D eigenvalue weighted by molar-refractivity contribution is -0.385. The highest BCUT2D eigenvalue weighted by atomic mass is 32.2. The van der Waals surface area contributed by atoms with Crippen molar-refractivity contribution in [3.05, 3.63) is 33.9 Å². The van der Waals surface area contributed by atoms with Crippen molar-refractivity contribution < 1.29 is 58.9 Å². The Hall–Kier alpha value is -4.77. The zero-order valence-electron chi connectivity index (χ0n) is 31.6. The number of ether oxygens (including phenoxy) is 1. The largest absolute Gasteiger partial charge is 0.502 e. The number of rotatable bonds is 19. The number of carbonyl (C=O) groups is 6. The number of carboxylic acids is 3. The Morgan fingerprint density at radius 1 is 0.930 bits per heavy atom. The summed E-state index contributed by atoms with van der Waals surface area (Å²) in [5.74, 6) is -3.28. The van der Waals surface area contributed by atoms with Gasteiger partial charge in [-0.05, 0) is 24.5 Å². The smallest absolute Gasteiger partial charge is 0.407 e. The Labute approximate surface area is 333 Å². The predicted octanol–water partition coefficient (Wildman–Crippen LogP) is 0.0556. The Bertz CT molecular complexity index is 1570. The number of carboxylic acid groups (broad SMARTS) is 3. The maximum Gasteiger partial charge on any atom is 0.407 e. The summed E-state index contributed by atoms with van der Waals surface area (Å²) in [6, 6.07) is 2.40. The normalized spacial score (nSPS) is 21.9. The van der Waals surface area contributed by atoms with Crippen molar-refractivity contribution in [2.45, 2.75) is 62.1 Å². The summed E-state index contributed by atoms with van der Waals surface area (Å²) in [5, 5.41) is 58.9. The second-order valence-electron chi connectivity index (χ2n) is 14.3. The number of aromatic hydroxyl groups is 1. The first-order valence-electron chi connectivity index (χ1n) is 18.8. The fourth-order valence-corrected chi connectivity index (χ4v) is 8.65. The van der Waals surface area contributed by atoms with Crippen molar-refractivity contribution in [3.63, 3.8) is 0 Å². The first-order chi connectivity index (χ1) is 27.2. The summed E-state index contributed by atoms with van der Waals surface area (Å²) >= 11 is 1.78. The minimum absolute atomic E-state index is 0.0578. The quantitative estimate of drug-likeness (QED) is 0.0420. The van der Waals surface area contributed by atoms with E-state index in [0.29, 0.717) is 19.5 Å². The molecule has 1 aromatic rings. The van der Waals surface area contributed by atoms with Crippen LogP contribution in [0.4, 0.5) is 15.3 Å². The van der Waals surface area contributed by atoms with Gasteiger partial charge >= 0.3 is 35.7 Å². The minimum Gasteiger partial charge on any atom is -0.502 e. The standard InChI is InChI=1S/C35H52N8O13S/c44-24(3-1-2-4-29-32-25(22-57-29)37-34(52)38-32)18-27(33(50)51)42-15-13-40(19-30(46)47)11-9-39(10-12-41(14-16-42)20-31(48)49)8-7-36-35(53)56-21-23-5-6-28(45)26(17-23)43(54)55/h5-6,17,25,27,29,32,45H,1-4,7-16,18-22H2,(H,36,53)(H,46,47)(H,48,49)(H,50,51)(H2,37,38,52)/t25?,27-,29?,32?/m1/s1. The van der Waals surface area contributed by atoms with Crippen molar-refractivity contribution in [1.29, 1.82) is 0 Å². The van der Waals surface area contributed by atoms with Gasteiger partial charge in [-0.2, -0.15) is 11.8 Å². The van der Waals surface area contributed by atoms with Crippen molar-refractivity contribution in [3.8, 4) is 5.75 Å². The number of nitro benzene ring substituents is 1. The van der Waals surface area contributed by atoms with Crippen LogP contribution in [0.3, 0.4) is 0 Å². The molecule has 0 spiro atoms. The molecule has 0 aliphatic carbocycles. The van der Waals surface area contributed by atoms with Crippen LogP contribution >= 0.6 is 11.8 Å². The molecule has 21 nitrogen and oxygen atoms in total. The number of Topliss-reactive ketones (excluding diaryl/α,β-unsaturated/α-hetero) is 1. The molecule has 0 aromatic heterocycles. The van der Waals surface area contributed by atoms with Crippen LogP contribution in [0.5, 0.6) is 5.75 Å². The summed E-state index contributed by atoms with van der Waals surface area (Å²) in [4.78, 5) is 90.5. The lowest BCUT2D eigenvalue weighted by atomic mass is 10.0. The molecule has 7 N–H and O–H groups in total. The fraction of sp³-hybridized carbons (Fsp3) is 0.657. The Morgan fingerprint density at radius 2 is 1.56 bits per heavy atom. The first kappa shape index (κ1) is 44.9. The third-order valence-corrected chi connectivity index (χ3v) is 11.7. The number of nitro groups is 1. The maximum absolute atomic E-state index is 13.1. The molecule has 0 bridgehead atoms. The molecule has 316 valence electrons. The van der Waals surface area contributed by atoms with Crippen LogP contribution in [-0.4, -0.2) is 188 Å². The van der Waals surface area contributed by atoms with Gasteiger partial charge in [-0.15, -0.1) is 0 Å². The molecule has 3 saturated heterocycles. The molecular formula is C35H52N8O13S. The molecule has 1 aromatic carbocycles. The highest BCUT2D eigenvalue weighted by Crippen LogP contribution is 2.33. The number of aliphatic carboxylic acids is 3. The molecule has 0 saturated carbocycles. The lowest BCUT2D eigenvalue weighted by Gasteiger charge is -2.35. The van der Waals surface area contributed by atoms with Crippen molar-refractivity contribution in [2.24, 2.45) is 0 Å². The lowest BCUT2D eigenvalue weighted by Crippen LogP contribution is -2.52. The third-order valence-electron chi connectivity index (χ3n) is 10.2. The van der Waals surface area contributed by atoms with E-state index in [9.17, 15) is 59.3 Å². The number of unbranched alkanes of at least 4 members (excludes halogenated alkanes) is 1. The van der Waals surface area contributed by atoms with E-state index in [-0.39, 0.29) is 120 Å². The number of hydrogen-bond donors (Lipinski definition) is 7. The van der Waals surface area contributed by atoms with Gasteiger partial charge in [0.05, 0.1) is 30.1 Å². The van der Waals surface area contributed by atoms with E-state index in [4.69, 9.17) is 4.74 Å². The van der Waals surface area contributed by atoms with Crippen molar-refractivity contribution >= 4 is 53.3 Å². The van der Waals surface area contributed by atoms with Gasteiger partial charge in [0.2, 0.25) is 0 Å². The van der Waals surface area contributed by atoms with Crippen LogP contribution in [0.25, 0.3) is 0 Å². The maximum atomic E-state index is 13.1. The van der Waals surface area contributed by atoms with Crippen LogP contribution in [0.15, 0.2) is 18.2 Å². The van der Waals surface area contributed by atoms with Gasteiger partial charge in [0.1, 0.15) is 18.4 Å². The monoisotopic (exact) mass is 824 g/mol. The number of phenols is 1. The van der Waals surface area contributed by atoms with Crippen molar-refractivity contribution in [1.82, 2.24) is 35.6 Å². The molecule has 3 aliphatic rings. The van der Waals surface area contributed by atoms with E-state index in [2.05, 4.69) is 16.0 Å². The number of phenolic OH excluding ortho intramolecular Hbond substituents is 1. The average molecular weight is 825 g/mol. The molecule has 3 unspecified atom stereocenters. The molecular weight excluding hydrogens is 772 g/mol. The summed E-state index contributed by atoms with van der Waals surface area (Å²) in [6.45, 7) is 1.12.